The molecule has 1 N–H and O–H groups in total. The Labute approximate surface area is 110 Å². The highest BCUT2D eigenvalue weighted by atomic mass is 16.5. The molecule has 0 bridgehead atoms. The summed E-state index contributed by atoms with van der Waals surface area (Å²) in [6.45, 7) is 8.99. The van der Waals surface area contributed by atoms with E-state index in [9.17, 15) is 4.79 Å². The minimum Gasteiger partial charge on any atom is -0.468 e. The number of esters is 1. The number of hydrogen-bond acceptors (Lipinski definition) is 3. The van der Waals surface area contributed by atoms with Crippen molar-refractivity contribution >= 4 is 5.97 Å². The van der Waals surface area contributed by atoms with Gasteiger partial charge in [-0.25, -0.2) is 0 Å². The van der Waals surface area contributed by atoms with Crippen LogP contribution in [0.15, 0.2) is 12.1 Å². The van der Waals surface area contributed by atoms with Gasteiger partial charge in [0.1, 0.15) is 6.04 Å². The van der Waals surface area contributed by atoms with Crippen LogP contribution in [0.1, 0.15) is 35.6 Å². The average molecular weight is 249 g/mol. The smallest absolute Gasteiger partial charge is 0.322 e. The number of rotatable bonds is 5. The first-order valence-corrected chi connectivity index (χ1v) is 6.37. The lowest BCUT2D eigenvalue weighted by molar-refractivity contribution is -0.143. The number of ether oxygens (including phenoxy) is 1. The molecule has 1 unspecified atom stereocenters. The predicted molar refractivity (Wildman–Crippen MR) is 73.6 cm³/mol. The van der Waals surface area contributed by atoms with E-state index in [-0.39, 0.29) is 12.0 Å². The van der Waals surface area contributed by atoms with E-state index in [0.717, 1.165) is 6.42 Å². The molecule has 1 aromatic rings. The van der Waals surface area contributed by atoms with Crippen molar-refractivity contribution in [2.24, 2.45) is 0 Å². The van der Waals surface area contributed by atoms with Gasteiger partial charge in [-0.15, -0.1) is 0 Å². The van der Waals surface area contributed by atoms with Crippen molar-refractivity contribution in [3.63, 3.8) is 0 Å². The zero-order chi connectivity index (χ0) is 13.7. The fourth-order valence-corrected chi connectivity index (χ4v) is 1.98. The summed E-state index contributed by atoms with van der Waals surface area (Å²) in [6, 6.07) is 4.14. The van der Waals surface area contributed by atoms with Crippen molar-refractivity contribution in [1.82, 2.24) is 5.32 Å². The molecule has 100 valence electrons. The highest BCUT2D eigenvalue weighted by Gasteiger charge is 2.16. The molecule has 0 saturated heterocycles. The molecule has 0 spiro atoms. The number of hydrogen-bond donors (Lipinski definition) is 1. The van der Waals surface area contributed by atoms with E-state index < -0.39 is 0 Å². The van der Waals surface area contributed by atoms with Crippen LogP contribution in [0.2, 0.25) is 0 Å². The minimum atomic E-state index is -0.226. The number of benzene rings is 1. The van der Waals surface area contributed by atoms with Crippen molar-refractivity contribution in [2.45, 2.75) is 46.7 Å². The minimum absolute atomic E-state index is 0.195. The van der Waals surface area contributed by atoms with E-state index in [2.05, 4.69) is 38.2 Å². The predicted octanol–water partition coefficient (Wildman–Crippen LogP) is 2.65. The molecule has 0 heterocycles. The Bertz CT molecular complexity index is 427. The standard InChI is InChI=1S/C15H23NO2/c1-6-14(15(17)18-5)16-9-13-8-11(3)10(2)7-12(13)4/h7-8,14,16H,6,9H2,1-5H3. The second-order valence-corrected chi connectivity index (χ2v) is 4.73. The number of aryl methyl sites for hydroxylation is 3. The van der Waals surface area contributed by atoms with Gasteiger partial charge >= 0.3 is 5.97 Å². The SMILES string of the molecule is CCC(NCc1cc(C)c(C)cc1C)C(=O)OC. The van der Waals surface area contributed by atoms with Crippen LogP contribution in [0.5, 0.6) is 0 Å². The van der Waals surface area contributed by atoms with E-state index >= 15 is 0 Å². The Morgan fingerprint density at radius 2 is 1.83 bits per heavy atom. The Balaban J connectivity index is 2.73. The molecule has 0 amide bonds. The van der Waals surface area contributed by atoms with E-state index in [1.165, 1.54) is 29.4 Å². The van der Waals surface area contributed by atoms with Crippen LogP contribution in [0.25, 0.3) is 0 Å². The maximum atomic E-state index is 11.5. The molecule has 0 aliphatic carbocycles. The second kappa shape index (κ2) is 6.55. The molecule has 3 heteroatoms. The van der Waals surface area contributed by atoms with Gasteiger partial charge in [0.25, 0.3) is 0 Å². The first-order chi connectivity index (χ1) is 8.49. The molecule has 1 aromatic carbocycles. The molecule has 1 atom stereocenters. The monoisotopic (exact) mass is 249 g/mol. The summed E-state index contributed by atoms with van der Waals surface area (Å²) in [5, 5.41) is 3.25. The number of carbonyl (C=O) groups excluding carboxylic acids is 1. The van der Waals surface area contributed by atoms with Crippen molar-refractivity contribution in [3.05, 3.63) is 34.4 Å². The fourth-order valence-electron chi connectivity index (χ4n) is 1.98. The van der Waals surface area contributed by atoms with E-state index in [1.54, 1.807) is 0 Å². The third-order valence-corrected chi connectivity index (χ3v) is 3.39. The molecule has 0 radical (unpaired) electrons. The van der Waals surface area contributed by atoms with Crippen LogP contribution in [-0.4, -0.2) is 19.1 Å². The Hall–Kier alpha value is -1.35. The van der Waals surface area contributed by atoms with Gasteiger partial charge in [0.2, 0.25) is 0 Å². The van der Waals surface area contributed by atoms with Crippen molar-refractivity contribution < 1.29 is 9.53 Å². The third kappa shape index (κ3) is 3.57. The topological polar surface area (TPSA) is 38.3 Å². The maximum absolute atomic E-state index is 11.5. The summed E-state index contributed by atoms with van der Waals surface area (Å²) in [7, 11) is 1.42. The number of carbonyl (C=O) groups is 1. The molecule has 1 rings (SSSR count). The maximum Gasteiger partial charge on any atom is 0.322 e. The normalized spacial score (nSPS) is 12.3. The first-order valence-electron chi connectivity index (χ1n) is 6.37. The molecule has 0 fully saturated rings. The Morgan fingerprint density at radius 1 is 1.22 bits per heavy atom. The third-order valence-electron chi connectivity index (χ3n) is 3.39. The summed E-state index contributed by atoms with van der Waals surface area (Å²) in [4.78, 5) is 11.5. The van der Waals surface area contributed by atoms with Crippen LogP contribution < -0.4 is 5.32 Å². The lowest BCUT2D eigenvalue weighted by Crippen LogP contribution is -2.36. The lowest BCUT2D eigenvalue weighted by Gasteiger charge is -2.16. The van der Waals surface area contributed by atoms with E-state index in [1.807, 2.05) is 6.92 Å². The quantitative estimate of drug-likeness (QED) is 0.815. The fraction of sp³-hybridized carbons (Fsp3) is 0.533. The molecule has 0 aliphatic rings. The van der Waals surface area contributed by atoms with Crippen LogP contribution in [0.4, 0.5) is 0 Å². The van der Waals surface area contributed by atoms with Crippen LogP contribution >= 0.6 is 0 Å². The molecule has 0 aromatic heterocycles. The molecule has 18 heavy (non-hydrogen) atoms. The van der Waals surface area contributed by atoms with Gasteiger partial charge in [-0.05, 0) is 49.4 Å². The van der Waals surface area contributed by atoms with Gasteiger partial charge in [0.05, 0.1) is 7.11 Å². The van der Waals surface area contributed by atoms with Gasteiger partial charge in [0.15, 0.2) is 0 Å². The van der Waals surface area contributed by atoms with Crippen LogP contribution in [-0.2, 0) is 16.1 Å². The number of methoxy groups -OCH3 is 1. The average Bonchev–Trinajstić information content (AvgIpc) is 2.35. The summed E-state index contributed by atoms with van der Waals surface area (Å²) in [6.07, 6.45) is 0.733. The largest absolute Gasteiger partial charge is 0.468 e. The zero-order valence-corrected chi connectivity index (χ0v) is 12.0. The molecule has 0 aliphatic heterocycles. The first kappa shape index (κ1) is 14.7. The number of nitrogens with one attached hydrogen (secondary N) is 1. The van der Waals surface area contributed by atoms with Gasteiger partial charge < -0.3 is 10.1 Å². The summed E-state index contributed by atoms with van der Waals surface area (Å²) in [5.74, 6) is -0.195. The highest BCUT2D eigenvalue weighted by Crippen LogP contribution is 2.15. The summed E-state index contributed by atoms with van der Waals surface area (Å²) < 4.78 is 4.76. The highest BCUT2D eigenvalue weighted by molar-refractivity contribution is 5.75. The lowest BCUT2D eigenvalue weighted by atomic mass is 10.0. The molecule has 3 nitrogen and oxygen atoms in total. The summed E-state index contributed by atoms with van der Waals surface area (Å²) >= 11 is 0. The Kier molecular flexibility index (Phi) is 5.35. The molecular formula is C15H23NO2. The van der Waals surface area contributed by atoms with Crippen LogP contribution in [0, 0.1) is 20.8 Å². The van der Waals surface area contributed by atoms with E-state index in [0.29, 0.717) is 6.54 Å². The Morgan fingerprint density at radius 3 is 2.39 bits per heavy atom. The van der Waals surface area contributed by atoms with Crippen LogP contribution in [0.3, 0.4) is 0 Å². The molecule has 0 saturated carbocycles. The van der Waals surface area contributed by atoms with Gasteiger partial charge in [0, 0.05) is 6.54 Å². The van der Waals surface area contributed by atoms with Gasteiger partial charge in [-0.1, -0.05) is 19.1 Å². The van der Waals surface area contributed by atoms with Gasteiger partial charge in [-0.3, -0.25) is 4.79 Å². The van der Waals surface area contributed by atoms with Crippen molar-refractivity contribution in [1.29, 1.82) is 0 Å². The van der Waals surface area contributed by atoms with Gasteiger partial charge in [-0.2, -0.15) is 0 Å². The summed E-state index contributed by atoms with van der Waals surface area (Å²) in [5.41, 5.74) is 5.07. The zero-order valence-electron chi connectivity index (χ0n) is 12.0. The molecular weight excluding hydrogens is 226 g/mol. The van der Waals surface area contributed by atoms with Crippen molar-refractivity contribution in [3.8, 4) is 0 Å². The van der Waals surface area contributed by atoms with E-state index in [4.69, 9.17) is 4.74 Å². The second-order valence-electron chi connectivity index (χ2n) is 4.73. The van der Waals surface area contributed by atoms with Crippen molar-refractivity contribution in [2.75, 3.05) is 7.11 Å².